The highest BCUT2D eigenvalue weighted by molar-refractivity contribution is 7.13. The second kappa shape index (κ2) is 8.61. The minimum absolute atomic E-state index is 0.0303. The first kappa shape index (κ1) is 19.9. The Balaban J connectivity index is 1.28. The lowest BCUT2D eigenvalue weighted by Crippen LogP contribution is -2.48. The fourth-order valence-electron chi connectivity index (χ4n) is 4.24. The number of hydrogen-bond donors (Lipinski definition) is 0. The van der Waals surface area contributed by atoms with E-state index < -0.39 is 0 Å². The summed E-state index contributed by atoms with van der Waals surface area (Å²) in [6, 6.07) is 14.6. The topological polar surface area (TPSA) is 54.3 Å². The van der Waals surface area contributed by atoms with Crippen molar-refractivity contribution in [2.75, 3.05) is 26.2 Å². The van der Waals surface area contributed by atoms with Crippen LogP contribution in [0.25, 0.3) is 21.6 Å². The van der Waals surface area contributed by atoms with E-state index in [1.807, 2.05) is 22.5 Å². The maximum Gasteiger partial charge on any atom is 0.273 e. The SMILES string of the molecule is CCn1c(-c2nc(C(=O)N3CCN(Cc4cccnc4)CC3)cs2)cc2ccccc21. The number of amides is 1. The van der Waals surface area contributed by atoms with Crippen LogP contribution in [0.5, 0.6) is 0 Å². The van der Waals surface area contributed by atoms with Crippen molar-refractivity contribution >= 4 is 28.1 Å². The number of carbonyl (C=O) groups excluding carboxylic acids is 1. The lowest BCUT2D eigenvalue weighted by Gasteiger charge is -2.34. The van der Waals surface area contributed by atoms with Gasteiger partial charge in [-0.2, -0.15) is 0 Å². The Morgan fingerprint density at radius 2 is 1.94 bits per heavy atom. The maximum absolute atomic E-state index is 13.1. The summed E-state index contributed by atoms with van der Waals surface area (Å²) in [7, 11) is 0. The Labute approximate surface area is 185 Å². The molecule has 1 aliphatic heterocycles. The Kier molecular flexibility index (Phi) is 5.53. The minimum atomic E-state index is 0.0303. The van der Waals surface area contributed by atoms with Crippen LogP contribution in [0.4, 0.5) is 0 Å². The van der Waals surface area contributed by atoms with E-state index in [1.54, 1.807) is 17.5 Å². The molecule has 0 unspecified atom stereocenters. The number of thiazole rings is 1. The molecule has 1 amide bonds. The van der Waals surface area contributed by atoms with Gasteiger partial charge in [-0.25, -0.2) is 4.98 Å². The standard InChI is InChI=1S/C24H25N5OS/c1-2-29-21-8-4-3-7-19(21)14-22(29)23-26-20(17-31-23)24(30)28-12-10-27(11-13-28)16-18-6-5-9-25-15-18/h3-9,14-15,17H,2,10-13,16H2,1H3. The summed E-state index contributed by atoms with van der Waals surface area (Å²) in [5.74, 6) is 0.0303. The van der Waals surface area contributed by atoms with Crippen LogP contribution in [-0.2, 0) is 13.1 Å². The third-order valence-corrected chi connectivity index (χ3v) is 6.72. The average molecular weight is 432 g/mol. The molecule has 1 aliphatic rings. The van der Waals surface area contributed by atoms with Crippen LogP contribution < -0.4 is 0 Å². The van der Waals surface area contributed by atoms with Gasteiger partial charge in [-0.1, -0.05) is 24.3 Å². The van der Waals surface area contributed by atoms with Crippen molar-refractivity contribution in [2.24, 2.45) is 0 Å². The zero-order valence-corrected chi connectivity index (χ0v) is 18.4. The van der Waals surface area contributed by atoms with Crippen LogP contribution in [0.3, 0.4) is 0 Å². The predicted molar refractivity (Wildman–Crippen MR) is 124 cm³/mol. The fraction of sp³-hybridized carbons (Fsp3) is 0.292. The smallest absolute Gasteiger partial charge is 0.273 e. The number of para-hydroxylation sites is 1. The monoisotopic (exact) mass is 431 g/mol. The summed E-state index contributed by atoms with van der Waals surface area (Å²) in [6.45, 7) is 7.05. The van der Waals surface area contributed by atoms with Gasteiger partial charge in [0.25, 0.3) is 5.91 Å². The van der Waals surface area contributed by atoms with Gasteiger partial charge in [-0.15, -0.1) is 11.3 Å². The van der Waals surface area contributed by atoms with Crippen LogP contribution in [0, 0.1) is 0 Å². The molecule has 1 saturated heterocycles. The molecule has 4 heterocycles. The first-order chi connectivity index (χ1) is 15.2. The Morgan fingerprint density at radius 1 is 1.10 bits per heavy atom. The average Bonchev–Trinajstić information content (AvgIpc) is 3.44. The van der Waals surface area contributed by atoms with Crippen molar-refractivity contribution in [3.8, 4) is 10.7 Å². The number of aromatic nitrogens is 3. The number of piperazine rings is 1. The van der Waals surface area contributed by atoms with Crippen molar-refractivity contribution in [2.45, 2.75) is 20.0 Å². The van der Waals surface area contributed by atoms with Crippen molar-refractivity contribution < 1.29 is 4.79 Å². The van der Waals surface area contributed by atoms with Gasteiger partial charge in [0.1, 0.15) is 10.7 Å². The summed E-state index contributed by atoms with van der Waals surface area (Å²) in [4.78, 5) is 26.3. The predicted octanol–water partition coefficient (Wildman–Crippen LogP) is 4.14. The molecule has 4 aromatic rings. The molecule has 3 aromatic heterocycles. The molecule has 0 radical (unpaired) electrons. The van der Waals surface area contributed by atoms with Gasteiger partial charge in [0.15, 0.2) is 0 Å². The first-order valence-corrected chi connectivity index (χ1v) is 11.6. The van der Waals surface area contributed by atoms with Gasteiger partial charge in [-0.3, -0.25) is 14.7 Å². The molecule has 0 saturated carbocycles. The van der Waals surface area contributed by atoms with Gasteiger partial charge >= 0.3 is 0 Å². The van der Waals surface area contributed by atoms with E-state index in [-0.39, 0.29) is 5.91 Å². The summed E-state index contributed by atoms with van der Waals surface area (Å²) >= 11 is 1.55. The van der Waals surface area contributed by atoms with Crippen molar-refractivity contribution in [1.29, 1.82) is 0 Å². The van der Waals surface area contributed by atoms with Crippen LogP contribution in [0.1, 0.15) is 23.0 Å². The van der Waals surface area contributed by atoms with Gasteiger partial charge < -0.3 is 9.47 Å². The minimum Gasteiger partial charge on any atom is -0.339 e. The van der Waals surface area contributed by atoms with Gasteiger partial charge in [0.05, 0.1) is 5.69 Å². The molecule has 5 rings (SSSR count). The molecule has 0 bridgehead atoms. The second-order valence-corrected chi connectivity index (χ2v) is 8.66. The molecule has 0 atom stereocenters. The molecular formula is C24H25N5OS. The number of pyridine rings is 1. The van der Waals surface area contributed by atoms with E-state index in [9.17, 15) is 4.79 Å². The molecule has 0 aliphatic carbocycles. The summed E-state index contributed by atoms with van der Waals surface area (Å²) in [6.07, 6.45) is 3.70. The molecular weight excluding hydrogens is 406 g/mol. The Bertz CT molecular complexity index is 1190. The van der Waals surface area contributed by atoms with E-state index in [4.69, 9.17) is 4.98 Å². The number of aryl methyl sites for hydroxylation is 1. The summed E-state index contributed by atoms with van der Waals surface area (Å²) in [5, 5.41) is 4.00. The molecule has 1 aromatic carbocycles. The Morgan fingerprint density at radius 3 is 2.71 bits per heavy atom. The molecule has 7 heteroatoms. The number of carbonyl (C=O) groups is 1. The van der Waals surface area contributed by atoms with E-state index in [2.05, 4.69) is 57.8 Å². The highest BCUT2D eigenvalue weighted by Gasteiger charge is 2.24. The van der Waals surface area contributed by atoms with E-state index in [0.29, 0.717) is 5.69 Å². The molecule has 1 fully saturated rings. The number of hydrogen-bond acceptors (Lipinski definition) is 5. The highest BCUT2D eigenvalue weighted by atomic mass is 32.1. The van der Waals surface area contributed by atoms with Crippen LogP contribution in [0.2, 0.25) is 0 Å². The van der Waals surface area contributed by atoms with Crippen LogP contribution >= 0.6 is 11.3 Å². The molecule has 0 spiro atoms. The fourth-order valence-corrected chi connectivity index (χ4v) is 5.06. The van der Waals surface area contributed by atoms with E-state index in [1.165, 1.54) is 16.5 Å². The van der Waals surface area contributed by atoms with Crippen LogP contribution in [-0.4, -0.2) is 56.4 Å². The van der Waals surface area contributed by atoms with Crippen molar-refractivity contribution in [3.63, 3.8) is 0 Å². The molecule has 158 valence electrons. The zero-order valence-electron chi connectivity index (χ0n) is 17.6. The van der Waals surface area contributed by atoms with E-state index in [0.717, 1.165) is 50.0 Å². The normalized spacial score (nSPS) is 14.9. The van der Waals surface area contributed by atoms with Gasteiger partial charge in [0.2, 0.25) is 0 Å². The Hall–Kier alpha value is -3.03. The number of benzene rings is 1. The number of rotatable bonds is 5. The summed E-state index contributed by atoms with van der Waals surface area (Å²) in [5.41, 5.74) is 4.04. The van der Waals surface area contributed by atoms with Gasteiger partial charge in [0, 0.05) is 67.9 Å². The third-order valence-electron chi connectivity index (χ3n) is 5.86. The molecule has 31 heavy (non-hydrogen) atoms. The quantitative estimate of drug-likeness (QED) is 0.477. The first-order valence-electron chi connectivity index (χ1n) is 10.7. The van der Waals surface area contributed by atoms with E-state index >= 15 is 0 Å². The highest BCUT2D eigenvalue weighted by Crippen LogP contribution is 2.30. The summed E-state index contributed by atoms with van der Waals surface area (Å²) < 4.78 is 2.26. The number of fused-ring (bicyclic) bond motifs is 1. The molecule has 6 nitrogen and oxygen atoms in total. The van der Waals surface area contributed by atoms with Gasteiger partial charge in [-0.05, 0) is 30.7 Å². The third kappa shape index (κ3) is 3.98. The second-order valence-electron chi connectivity index (χ2n) is 7.80. The lowest BCUT2D eigenvalue weighted by atomic mass is 10.2. The van der Waals surface area contributed by atoms with Crippen molar-refractivity contribution in [1.82, 2.24) is 24.3 Å². The molecule has 0 N–H and O–H groups in total. The zero-order chi connectivity index (χ0) is 21.2. The largest absolute Gasteiger partial charge is 0.339 e. The van der Waals surface area contributed by atoms with Crippen molar-refractivity contribution in [3.05, 3.63) is 71.5 Å². The number of nitrogens with zero attached hydrogens (tertiary/aromatic N) is 5. The maximum atomic E-state index is 13.1. The van der Waals surface area contributed by atoms with Crippen LogP contribution in [0.15, 0.2) is 60.2 Å². The lowest BCUT2D eigenvalue weighted by molar-refractivity contribution is 0.0623.